The van der Waals surface area contributed by atoms with Crippen molar-refractivity contribution in [3.05, 3.63) is 49.1 Å². The zero-order valence-electron chi connectivity index (χ0n) is 8.91. The Kier molecular flexibility index (Phi) is 1.53. The first-order valence-corrected chi connectivity index (χ1v) is 5.39. The second-order valence-corrected chi connectivity index (χ2v) is 3.96. The topological polar surface area (TPSA) is 43.1 Å². The summed E-state index contributed by atoms with van der Waals surface area (Å²) in [5.41, 5.74) is 1.91. The SMILES string of the molecule is c1ccc2c(c1)c1ccncc1n1cnnc21. The Balaban J connectivity index is 2.48. The predicted molar refractivity (Wildman–Crippen MR) is 65.8 cm³/mol. The van der Waals surface area contributed by atoms with E-state index in [9.17, 15) is 0 Å². The largest absolute Gasteiger partial charge is 0.279 e. The molecule has 0 spiro atoms. The van der Waals surface area contributed by atoms with Crippen LogP contribution in [0.25, 0.3) is 27.3 Å². The van der Waals surface area contributed by atoms with Crippen molar-refractivity contribution in [2.75, 3.05) is 0 Å². The van der Waals surface area contributed by atoms with Gasteiger partial charge in [0.1, 0.15) is 6.33 Å². The van der Waals surface area contributed by atoms with Gasteiger partial charge in [0.15, 0.2) is 5.65 Å². The van der Waals surface area contributed by atoms with Crippen LogP contribution in [0.3, 0.4) is 0 Å². The van der Waals surface area contributed by atoms with Crippen molar-refractivity contribution < 1.29 is 0 Å². The normalized spacial score (nSPS) is 11.5. The number of hydrogen-bond donors (Lipinski definition) is 0. The van der Waals surface area contributed by atoms with Gasteiger partial charge in [-0.2, -0.15) is 0 Å². The number of pyridine rings is 2. The van der Waals surface area contributed by atoms with E-state index in [4.69, 9.17) is 0 Å². The molecule has 0 radical (unpaired) electrons. The monoisotopic (exact) mass is 220 g/mol. The molecule has 4 heteroatoms. The maximum atomic E-state index is 4.18. The molecule has 0 amide bonds. The lowest BCUT2D eigenvalue weighted by atomic mass is 10.1. The molecule has 80 valence electrons. The highest BCUT2D eigenvalue weighted by molar-refractivity contribution is 6.11. The fraction of sp³-hybridized carbons (Fsp3) is 0. The molecule has 17 heavy (non-hydrogen) atoms. The fourth-order valence-electron chi connectivity index (χ4n) is 2.31. The smallest absolute Gasteiger partial charge is 0.169 e. The third-order valence-electron chi connectivity index (χ3n) is 3.07. The Bertz CT molecular complexity index is 778. The van der Waals surface area contributed by atoms with Crippen molar-refractivity contribution in [1.29, 1.82) is 0 Å². The Morgan fingerprint density at radius 3 is 2.76 bits per heavy atom. The van der Waals surface area contributed by atoms with Crippen LogP contribution in [0, 0.1) is 0 Å². The minimum Gasteiger partial charge on any atom is -0.279 e. The summed E-state index contributed by atoms with van der Waals surface area (Å²) in [4.78, 5) is 4.17. The van der Waals surface area contributed by atoms with Gasteiger partial charge in [-0.3, -0.25) is 9.38 Å². The van der Waals surface area contributed by atoms with Gasteiger partial charge in [0.2, 0.25) is 0 Å². The van der Waals surface area contributed by atoms with Crippen LogP contribution < -0.4 is 0 Å². The van der Waals surface area contributed by atoms with E-state index in [2.05, 4.69) is 27.3 Å². The Morgan fingerprint density at radius 1 is 0.941 bits per heavy atom. The zero-order valence-corrected chi connectivity index (χ0v) is 8.91. The average Bonchev–Trinajstić information content (AvgIpc) is 2.89. The summed E-state index contributed by atoms with van der Waals surface area (Å²) in [5, 5.41) is 11.6. The molecule has 0 aliphatic carbocycles. The van der Waals surface area contributed by atoms with Gasteiger partial charge in [-0.05, 0) is 11.5 Å². The molecule has 0 unspecified atom stereocenters. The number of hydrogen-bond acceptors (Lipinski definition) is 3. The fourth-order valence-corrected chi connectivity index (χ4v) is 2.31. The van der Waals surface area contributed by atoms with E-state index in [1.165, 1.54) is 10.8 Å². The molecule has 1 aromatic carbocycles. The van der Waals surface area contributed by atoms with Gasteiger partial charge in [0.25, 0.3) is 0 Å². The zero-order chi connectivity index (χ0) is 11.2. The summed E-state index contributed by atoms with van der Waals surface area (Å²) < 4.78 is 1.98. The van der Waals surface area contributed by atoms with Gasteiger partial charge in [0.05, 0.1) is 11.7 Å². The number of benzene rings is 1. The highest BCUT2D eigenvalue weighted by Crippen LogP contribution is 2.27. The van der Waals surface area contributed by atoms with E-state index in [0.717, 1.165) is 16.6 Å². The first-order valence-electron chi connectivity index (χ1n) is 5.39. The molecule has 0 saturated heterocycles. The molecular formula is C13H8N4. The van der Waals surface area contributed by atoms with Crippen molar-refractivity contribution in [3.63, 3.8) is 0 Å². The molecular weight excluding hydrogens is 212 g/mol. The van der Waals surface area contributed by atoms with E-state index >= 15 is 0 Å². The van der Waals surface area contributed by atoms with Gasteiger partial charge < -0.3 is 0 Å². The van der Waals surface area contributed by atoms with Crippen molar-refractivity contribution in [2.24, 2.45) is 0 Å². The second-order valence-electron chi connectivity index (χ2n) is 3.96. The lowest BCUT2D eigenvalue weighted by molar-refractivity contribution is 1.11. The Labute approximate surface area is 96.5 Å². The summed E-state index contributed by atoms with van der Waals surface area (Å²) in [6, 6.07) is 10.3. The summed E-state index contributed by atoms with van der Waals surface area (Å²) in [6.07, 6.45) is 5.38. The van der Waals surface area contributed by atoms with Crippen LogP contribution in [0.15, 0.2) is 49.1 Å². The third-order valence-corrected chi connectivity index (χ3v) is 3.07. The molecule has 0 N–H and O–H groups in total. The van der Waals surface area contributed by atoms with Crippen molar-refractivity contribution in [3.8, 4) is 0 Å². The maximum Gasteiger partial charge on any atom is 0.169 e. The summed E-state index contributed by atoms with van der Waals surface area (Å²) in [7, 11) is 0. The highest BCUT2D eigenvalue weighted by atomic mass is 15.2. The second kappa shape index (κ2) is 3.01. The highest BCUT2D eigenvalue weighted by Gasteiger charge is 2.08. The molecule has 4 aromatic rings. The van der Waals surface area contributed by atoms with Crippen LogP contribution in [-0.2, 0) is 0 Å². The molecule has 4 nitrogen and oxygen atoms in total. The van der Waals surface area contributed by atoms with E-state index in [1.54, 1.807) is 6.33 Å². The first kappa shape index (κ1) is 8.64. The molecule has 4 rings (SSSR count). The molecule has 3 aromatic heterocycles. The van der Waals surface area contributed by atoms with E-state index in [1.807, 2.05) is 35.0 Å². The number of aromatic nitrogens is 4. The summed E-state index contributed by atoms with van der Waals surface area (Å²) in [6.45, 7) is 0. The number of nitrogens with zero attached hydrogens (tertiary/aromatic N) is 4. The van der Waals surface area contributed by atoms with Gasteiger partial charge in [-0.1, -0.05) is 24.3 Å². The Hall–Kier alpha value is -2.49. The molecule has 0 bridgehead atoms. The minimum atomic E-state index is 0.876. The van der Waals surface area contributed by atoms with Gasteiger partial charge in [-0.25, -0.2) is 0 Å². The lowest BCUT2D eigenvalue weighted by Gasteiger charge is -2.05. The van der Waals surface area contributed by atoms with Gasteiger partial charge in [0, 0.05) is 17.0 Å². The van der Waals surface area contributed by atoms with Crippen molar-refractivity contribution in [1.82, 2.24) is 19.6 Å². The van der Waals surface area contributed by atoms with E-state index < -0.39 is 0 Å². The molecule has 0 fully saturated rings. The summed E-state index contributed by atoms with van der Waals surface area (Å²) >= 11 is 0. The van der Waals surface area contributed by atoms with Crippen molar-refractivity contribution in [2.45, 2.75) is 0 Å². The predicted octanol–water partition coefficient (Wildman–Crippen LogP) is 2.43. The van der Waals surface area contributed by atoms with E-state index in [0.29, 0.717) is 0 Å². The van der Waals surface area contributed by atoms with Crippen molar-refractivity contribution >= 4 is 27.3 Å². The van der Waals surface area contributed by atoms with Crippen LogP contribution >= 0.6 is 0 Å². The molecule has 0 aliphatic heterocycles. The number of fused-ring (bicyclic) bond motifs is 6. The van der Waals surface area contributed by atoms with Crippen LogP contribution in [0.2, 0.25) is 0 Å². The number of rotatable bonds is 0. The van der Waals surface area contributed by atoms with Crippen LogP contribution in [0.5, 0.6) is 0 Å². The minimum absolute atomic E-state index is 0.876. The lowest BCUT2D eigenvalue weighted by Crippen LogP contribution is -1.90. The maximum absolute atomic E-state index is 4.18. The Morgan fingerprint density at radius 2 is 1.82 bits per heavy atom. The summed E-state index contributed by atoms with van der Waals surface area (Å²) in [5.74, 6) is 0. The van der Waals surface area contributed by atoms with E-state index in [-0.39, 0.29) is 0 Å². The standard InChI is InChI=1S/C13H8N4/c1-2-4-11-9(3-1)10-5-6-14-7-12(10)17-8-15-16-13(11)17/h1-8H. The van der Waals surface area contributed by atoms with Gasteiger partial charge in [-0.15, -0.1) is 10.2 Å². The third kappa shape index (κ3) is 1.04. The van der Waals surface area contributed by atoms with Crippen LogP contribution in [-0.4, -0.2) is 19.6 Å². The molecule has 3 heterocycles. The van der Waals surface area contributed by atoms with Gasteiger partial charge >= 0.3 is 0 Å². The van der Waals surface area contributed by atoms with Crippen LogP contribution in [0.4, 0.5) is 0 Å². The quantitative estimate of drug-likeness (QED) is 0.427. The average molecular weight is 220 g/mol. The van der Waals surface area contributed by atoms with Crippen LogP contribution in [0.1, 0.15) is 0 Å². The molecule has 0 aliphatic rings. The molecule has 0 atom stereocenters. The molecule has 0 saturated carbocycles. The first-order chi connectivity index (χ1) is 8.45.